The fourth-order valence-electron chi connectivity index (χ4n) is 1.59. The minimum Gasteiger partial charge on any atom is -0.454 e. The SMILES string of the molecule is COC1O[C@H]2[C@H](OC(=O)[C@H]2O)[C@H]1O. The van der Waals surface area contributed by atoms with E-state index in [1.165, 1.54) is 7.11 Å². The zero-order chi connectivity index (χ0) is 9.59. The molecule has 2 aliphatic heterocycles. The molecule has 0 amide bonds. The van der Waals surface area contributed by atoms with E-state index in [1.54, 1.807) is 0 Å². The van der Waals surface area contributed by atoms with Crippen molar-refractivity contribution in [3.05, 3.63) is 0 Å². The summed E-state index contributed by atoms with van der Waals surface area (Å²) in [7, 11) is 1.36. The van der Waals surface area contributed by atoms with Gasteiger partial charge in [0.15, 0.2) is 18.5 Å². The Labute approximate surface area is 74.0 Å². The zero-order valence-electron chi connectivity index (χ0n) is 6.91. The standard InChI is InChI=1S/C7H10O6/c1-11-7-3(9)5-4(13-7)2(8)6(10)12-5/h2-5,7-9H,1H3/t2-,3+,4+,5+,7?/m0/s1. The van der Waals surface area contributed by atoms with Crippen molar-refractivity contribution < 1.29 is 29.2 Å². The smallest absolute Gasteiger partial charge is 0.338 e. The van der Waals surface area contributed by atoms with E-state index in [-0.39, 0.29) is 0 Å². The van der Waals surface area contributed by atoms with Crippen molar-refractivity contribution in [2.24, 2.45) is 0 Å². The fourth-order valence-corrected chi connectivity index (χ4v) is 1.59. The molecule has 6 heteroatoms. The van der Waals surface area contributed by atoms with Crippen LogP contribution < -0.4 is 0 Å². The van der Waals surface area contributed by atoms with Crippen molar-refractivity contribution in [1.82, 2.24) is 0 Å². The largest absolute Gasteiger partial charge is 0.454 e. The molecule has 0 saturated carbocycles. The number of carbonyl (C=O) groups excluding carboxylic acids is 1. The maximum atomic E-state index is 10.8. The number of aliphatic hydroxyl groups is 2. The lowest BCUT2D eigenvalue weighted by molar-refractivity contribution is -0.177. The van der Waals surface area contributed by atoms with Crippen molar-refractivity contribution in [3.63, 3.8) is 0 Å². The van der Waals surface area contributed by atoms with Crippen LogP contribution in [0.15, 0.2) is 0 Å². The predicted molar refractivity (Wildman–Crippen MR) is 37.6 cm³/mol. The van der Waals surface area contributed by atoms with Crippen LogP contribution in [0.5, 0.6) is 0 Å². The van der Waals surface area contributed by atoms with Gasteiger partial charge in [0.25, 0.3) is 0 Å². The van der Waals surface area contributed by atoms with Crippen molar-refractivity contribution in [2.75, 3.05) is 7.11 Å². The maximum Gasteiger partial charge on any atom is 0.338 e. The molecule has 0 aromatic rings. The van der Waals surface area contributed by atoms with E-state index in [0.717, 1.165) is 0 Å². The molecule has 5 atom stereocenters. The van der Waals surface area contributed by atoms with Crippen LogP contribution in [0.25, 0.3) is 0 Å². The quantitative estimate of drug-likeness (QED) is 0.465. The summed E-state index contributed by atoms with van der Waals surface area (Å²) < 4.78 is 14.5. The van der Waals surface area contributed by atoms with Crippen molar-refractivity contribution in [3.8, 4) is 0 Å². The van der Waals surface area contributed by atoms with Crippen LogP contribution in [-0.4, -0.2) is 54.0 Å². The highest BCUT2D eigenvalue weighted by Gasteiger charge is 2.56. The highest BCUT2D eigenvalue weighted by atomic mass is 16.7. The van der Waals surface area contributed by atoms with Gasteiger partial charge in [-0.25, -0.2) is 4.79 Å². The summed E-state index contributed by atoms with van der Waals surface area (Å²) in [6, 6.07) is 0. The second-order valence-electron chi connectivity index (χ2n) is 3.04. The molecular formula is C7H10O6. The van der Waals surface area contributed by atoms with Gasteiger partial charge in [-0.05, 0) is 0 Å². The first-order valence-corrected chi connectivity index (χ1v) is 3.90. The lowest BCUT2D eigenvalue weighted by Gasteiger charge is -2.14. The second kappa shape index (κ2) is 2.91. The molecule has 0 bridgehead atoms. The number of methoxy groups -OCH3 is 1. The van der Waals surface area contributed by atoms with Gasteiger partial charge in [-0.3, -0.25) is 0 Å². The summed E-state index contributed by atoms with van der Waals surface area (Å²) in [5.41, 5.74) is 0. The summed E-state index contributed by atoms with van der Waals surface area (Å²) in [5, 5.41) is 18.7. The highest BCUT2D eigenvalue weighted by Crippen LogP contribution is 2.31. The third-order valence-corrected chi connectivity index (χ3v) is 2.27. The number of rotatable bonds is 1. The monoisotopic (exact) mass is 190 g/mol. The summed E-state index contributed by atoms with van der Waals surface area (Å²) >= 11 is 0. The molecule has 2 heterocycles. The van der Waals surface area contributed by atoms with Crippen LogP contribution in [0.4, 0.5) is 0 Å². The third kappa shape index (κ3) is 1.14. The number of esters is 1. The van der Waals surface area contributed by atoms with E-state index < -0.39 is 36.7 Å². The summed E-state index contributed by atoms with van der Waals surface area (Å²) in [4.78, 5) is 10.8. The van der Waals surface area contributed by atoms with Gasteiger partial charge in [-0.1, -0.05) is 0 Å². The van der Waals surface area contributed by atoms with E-state index in [1.807, 2.05) is 0 Å². The Bertz CT molecular complexity index is 229. The van der Waals surface area contributed by atoms with Gasteiger partial charge in [0.05, 0.1) is 0 Å². The Morgan fingerprint density at radius 3 is 2.62 bits per heavy atom. The van der Waals surface area contributed by atoms with Gasteiger partial charge in [-0.2, -0.15) is 0 Å². The molecule has 6 nitrogen and oxygen atoms in total. The molecule has 0 spiro atoms. The van der Waals surface area contributed by atoms with Gasteiger partial charge in [0.2, 0.25) is 0 Å². The summed E-state index contributed by atoms with van der Waals surface area (Å²) in [5.74, 6) is -0.761. The van der Waals surface area contributed by atoms with Crippen LogP contribution in [-0.2, 0) is 19.0 Å². The number of ether oxygens (including phenoxy) is 3. The molecule has 2 rings (SSSR count). The second-order valence-corrected chi connectivity index (χ2v) is 3.04. The Balaban J connectivity index is 2.14. The zero-order valence-corrected chi connectivity index (χ0v) is 6.91. The molecule has 13 heavy (non-hydrogen) atoms. The van der Waals surface area contributed by atoms with Gasteiger partial charge >= 0.3 is 5.97 Å². The Kier molecular flexibility index (Phi) is 1.99. The first kappa shape index (κ1) is 8.89. The van der Waals surface area contributed by atoms with Crippen LogP contribution in [0.1, 0.15) is 0 Å². The summed E-state index contributed by atoms with van der Waals surface area (Å²) in [6.07, 6.45) is -4.81. The van der Waals surface area contributed by atoms with Crippen molar-refractivity contribution in [1.29, 1.82) is 0 Å². The molecule has 0 aromatic heterocycles. The molecule has 2 aliphatic rings. The van der Waals surface area contributed by atoms with Crippen molar-refractivity contribution in [2.45, 2.75) is 30.7 Å². The lowest BCUT2D eigenvalue weighted by atomic mass is 10.1. The molecule has 0 aliphatic carbocycles. The van der Waals surface area contributed by atoms with Gasteiger partial charge in [0, 0.05) is 7.11 Å². The highest BCUT2D eigenvalue weighted by molar-refractivity contribution is 5.78. The number of hydrogen-bond donors (Lipinski definition) is 2. The average molecular weight is 190 g/mol. The van der Waals surface area contributed by atoms with Crippen LogP contribution in [0.2, 0.25) is 0 Å². The van der Waals surface area contributed by atoms with Gasteiger partial charge < -0.3 is 24.4 Å². The van der Waals surface area contributed by atoms with Gasteiger partial charge in [0.1, 0.15) is 12.2 Å². The van der Waals surface area contributed by atoms with E-state index in [9.17, 15) is 15.0 Å². The molecule has 2 fully saturated rings. The molecule has 2 N–H and O–H groups in total. The van der Waals surface area contributed by atoms with Gasteiger partial charge in [-0.15, -0.1) is 0 Å². The maximum absolute atomic E-state index is 10.8. The normalized spacial score (nSPS) is 49.2. The van der Waals surface area contributed by atoms with E-state index in [4.69, 9.17) is 14.2 Å². The lowest BCUT2D eigenvalue weighted by Crippen LogP contribution is -2.32. The molecule has 1 unspecified atom stereocenters. The first-order valence-electron chi connectivity index (χ1n) is 3.90. The minimum atomic E-state index is -1.32. The van der Waals surface area contributed by atoms with E-state index in [2.05, 4.69) is 0 Å². The first-order chi connectivity index (χ1) is 6.15. The molecule has 2 saturated heterocycles. The van der Waals surface area contributed by atoms with Crippen molar-refractivity contribution >= 4 is 5.97 Å². The van der Waals surface area contributed by atoms with Crippen LogP contribution in [0.3, 0.4) is 0 Å². The number of fused-ring (bicyclic) bond motifs is 1. The number of carbonyl (C=O) groups is 1. The molecular weight excluding hydrogens is 180 g/mol. The number of aliphatic hydroxyl groups excluding tert-OH is 2. The Hall–Kier alpha value is -0.690. The molecule has 0 aromatic carbocycles. The van der Waals surface area contributed by atoms with Crippen LogP contribution in [0, 0.1) is 0 Å². The molecule has 0 radical (unpaired) electrons. The van der Waals surface area contributed by atoms with E-state index in [0.29, 0.717) is 0 Å². The fraction of sp³-hybridized carbons (Fsp3) is 0.857. The Morgan fingerprint density at radius 1 is 1.38 bits per heavy atom. The summed E-state index contributed by atoms with van der Waals surface area (Å²) in [6.45, 7) is 0. The van der Waals surface area contributed by atoms with Crippen LogP contribution >= 0.6 is 0 Å². The van der Waals surface area contributed by atoms with E-state index >= 15 is 0 Å². The Morgan fingerprint density at radius 2 is 2.08 bits per heavy atom. The molecule has 74 valence electrons. The average Bonchev–Trinajstić information content (AvgIpc) is 2.56. The number of hydrogen-bond acceptors (Lipinski definition) is 6. The minimum absolute atomic E-state index is 0.761. The predicted octanol–water partition coefficient (Wildman–Crippen LogP) is -2.00. The third-order valence-electron chi connectivity index (χ3n) is 2.27. The topological polar surface area (TPSA) is 85.2 Å².